The summed E-state index contributed by atoms with van der Waals surface area (Å²) in [4.78, 5) is 6.67. The molecule has 0 spiro atoms. The van der Waals surface area contributed by atoms with E-state index in [-0.39, 0.29) is 6.04 Å². The maximum absolute atomic E-state index is 6.09. The molecule has 88 valence electrons. The van der Waals surface area contributed by atoms with Crippen molar-refractivity contribution in [2.45, 2.75) is 12.5 Å². The summed E-state index contributed by atoms with van der Waals surface area (Å²) in [5.74, 6) is 0. The maximum atomic E-state index is 6.09. The topological polar surface area (TPSA) is 51.4 Å². The van der Waals surface area contributed by atoms with Gasteiger partial charge in [0.15, 0.2) is 0 Å². The number of hydrogen-bond donors (Lipinski definition) is 1. The molecule has 1 saturated heterocycles. The molecule has 0 amide bonds. The number of aromatic nitrogens is 1. The van der Waals surface area contributed by atoms with Gasteiger partial charge in [-0.1, -0.05) is 6.07 Å². The highest BCUT2D eigenvalue weighted by atomic mass is 16.5. The molecule has 2 N–H and O–H groups in total. The van der Waals surface area contributed by atoms with Crippen LogP contribution in [0.4, 0.5) is 0 Å². The molecule has 0 radical (unpaired) electrons. The fourth-order valence-electron chi connectivity index (χ4n) is 1.89. The first-order chi connectivity index (χ1) is 7.86. The van der Waals surface area contributed by atoms with E-state index in [4.69, 9.17) is 10.5 Å². The van der Waals surface area contributed by atoms with Gasteiger partial charge >= 0.3 is 0 Å². The van der Waals surface area contributed by atoms with Crippen molar-refractivity contribution in [2.75, 3.05) is 32.8 Å². The Morgan fingerprint density at radius 1 is 1.38 bits per heavy atom. The third-order valence-corrected chi connectivity index (χ3v) is 2.93. The van der Waals surface area contributed by atoms with Crippen molar-refractivity contribution in [1.82, 2.24) is 9.88 Å². The second-order valence-corrected chi connectivity index (χ2v) is 4.10. The second kappa shape index (κ2) is 5.94. The maximum Gasteiger partial charge on any atom is 0.0594 e. The van der Waals surface area contributed by atoms with Crippen LogP contribution in [-0.4, -0.2) is 42.7 Å². The first kappa shape index (κ1) is 11.5. The Balaban J connectivity index is 1.77. The summed E-state index contributed by atoms with van der Waals surface area (Å²) in [6.07, 6.45) is 2.75. The van der Waals surface area contributed by atoms with E-state index < -0.39 is 0 Å². The Labute approximate surface area is 96.4 Å². The molecule has 0 aliphatic carbocycles. The van der Waals surface area contributed by atoms with Gasteiger partial charge < -0.3 is 10.5 Å². The van der Waals surface area contributed by atoms with Crippen LogP contribution in [0.2, 0.25) is 0 Å². The fourth-order valence-corrected chi connectivity index (χ4v) is 1.89. The van der Waals surface area contributed by atoms with Crippen molar-refractivity contribution in [3.8, 4) is 0 Å². The van der Waals surface area contributed by atoms with E-state index in [9.17, 15) is 0 Å². The predicted octanol–water partition coefficient (Wildman–Crippen LogP) is 0.804. The lowest BCUT2D eigenvalue weighted by molar-refractivity contribution is 0.0366. The summed E-state index contributed by atoms with van der Waals surface area (Å²) in [6, 6.07) is 5.93. The monoisotopic (exact) mass is 221 g/mol. The third kappa shape index (κ3) is 3.27. The van der Waals surface area contributed by atoms with Crippen molar-refractivity contribution in [2.24, 2.45) is 5.73 Å². The number of ether oxygens (including phenoxy) is 1. The average molecular weight is 221 g/mol. The van der Waals surface area contributed by atoms with Crippen LogP contribution in [0, 0.1) is 0 Å². The average Bonchev–Trinajstić information content (AvgIpc) is 2.38. The van der Waals surface area contributed by atoms with Gasteiger partial charge in [-0.15, -0.1) is 0 Å². The first-order valence-corrected chi connectivity index (χ1v) is 5.83. The Morgan fingerprint density at radius 3 is 2.88 bits per heavy atom. The zero-order chi connectivity index (χ0) is 11.2. The van der Waals surface area contributed by atoms with E-state index in [1.165, 1.54) is 0 Å². The highest BCUT2D eigenvalue weighted by Crippen LogP contribution is 2.11. The third-order valence-electron chi connectivity index (χ3n) is 2.93. The van der Waals surface area contributed by atoms with E-state index in [2.05, 4.69) is 9.88 Å². The van der Waals surface area contributed by atoms with Crippen LogP contribution < -0.4 is 5.73 Å². The highest BCUT2D eigenvalue weighted by molar-refractivity contribution is 5.07. The molecule has 16 heavy (non-hydrogen) atoms. The zero-order valence-electron chi connectivity index (χ0n) is 9.51. The first-order valence-electron chi connectivity index (χ1n) is 5.83. The normalized spacial score (nSPS) is 19.6. The molecule has 2 heterocycles. The number of nitrogens with zero attached hydrogens (tertiary/aromatic N) is 2. The molecule has 1 aliphatic rings. The number of hydrogen-bond acceptors (Lipinski definition) is 4. The molecular formula is C12H19N3O. The van der Waals surface area contributed by atoms with Gasteiger partial charge in [0.05, 0.1) is 18.9 Å². The van der Waals surface area contributed by atoms with Gasteiger partial charge in [0.1, 0.15) is 0 Å². The van der Waals surface area contributed by atoms with Gasteiger partial charge in [-0.25, -0.2) is 0 Å². The van der Waals surface area contributed by atoms with Gasteiger partial charge in [-0.3, -0.25) is 9.88 Å². The van der Waals surface area contributed by atoms with E-state index in [1.807, 2.05) is 18.2 Å². The molecule has 1 aromatic rings. The molecule has 1 aliphatic heterocycles. The second-order valence-electron chi connectivity index (χ2n) is 4.10. The largest absolute Gasteiger partial charge is 0.379 e. The van der Waals surface area contributed by atoms with Crippen LogP contribution in [0.5, 0.6) is 0 Å². The smallest absolute Gasteiger partial charge is 0.0594 e. The lowest BCUT2D eigenvalue weighted by atomic mass is 10.1. The van der Waals surface area contributed by atoms with Gasteiger partial charge in [-0.2, -0.15) is 0 Å². The lowest BCUT2D eigenvalue weighted by Crippen LogP contribution is -2.37. The molecule has 1 fully saturated rings. The molecule has 1 atom stereocenters. The highest BCUT2D eigenvalue weighted by Gasteiger charge is 2.13. The SMILES string of the molecule is NC(CCN1CCOCC1)c1ccccn1. The van der Waals surface area contributed by atoms with E-state index in [0.717, 1.165) is 45.0 Å². The summed E-state index contributed by atoms with van der Waals surface area (Å²) in [7, 11) is 0. The van der Waals surface area contributed by atoms with Crippen LogP contribution in [0.25, 0.3) is 0 Å². The van der Waals surface area contributed by atoms with Gasteiger partial charge in [0.2, 0.25) is 0 Å². The molecule has 4 nitrogen and oxygen atoms in total. The van der Waals surface area contributed by atoms with Crippen molar-refractivity contribution < 1.29 is 4.74 Å². The van der Waals surface area contributed by atoms with E-state index >= 15 is 0 Å². The van der Waals surface area contributed by atoms with Crippen LogP contribution in [0.3, 0.4) is 0 Å². The number of pyridine rings is 1. The van der Waals surface area contributed by atoms with E-state index in [0.29, 0.717) is 0 Å². The van der Waals surface area contributed by atoms with Crippen LogP contribution in [0.15, 0.2) is 24.4 Å². The molecule has 0 aromatic carbocycles. The summed E-state index contributed by atoms with van der Waals surface area (Å²) in [6.45, 7) is 4.77. The minimum Gasteiger partial charge on any atom is -0.379 e. The van der Waals surface area contributed by atoms with Crippen LogP contribution >= 0.6 is 0 Å². The summed E-state index contributed by atoms with van der Waals surface area (Å²) < 4.78 is 5.31. The quantitative estimate of drug-likeness (QED) is 0.817. The summed E-state index contributed by atoms with van der Waals surface area (Å²) in [5.41, 5.74) is 7.07. The van der Waals surface area contributed by atoms with Crippen molar-refractivity contribution in [3.63, 3.8) is 0 Å². The lowest BCUT2D eigenvalue weighted by Gasteiger charge is -2.27. The molecule has 2 rings (SSSR count). The van der Waals surface area contributed by atoms with Gasteiger partial charge in [-0.05, 0) is 18.6 Å². The zero-order valence-corrected chi connectivity index (χ0v) is 9.51. The van der Waals surface area contributed by atoms with Crippen molar-refractivity contribution in [1.29, 1.82) is 0 Å². The Kier molecular flexibility index (Phi) is 4.27. The Morgan fingerprint density at radius 2 is 2.19 bits per heavy atom. The fraction of sp³-hybridized carbons (Fsp3) is 0.583. The molecule has 1 unspecified atom stereocenters. The molecular weight excluding hydrogens is 202 g/mol. The van der Waals surface area contributed by atoms with Gasteiger partial charge in [0, 0.05) is 31.9 Å². The summed E-state index contributed by atoms with van der Waals surface area (Å²) >= 11 is 0. The molecule has 0 saturated carbocycles. The summed E-state index contributed by atoms with van der Waals surface area (Å²) in [5, 5.41) is 0. The van der Waals surface area contributed by atoms with Gasteiger partial charge in [0.25, 0.3) is 0 Å². The minimum atomic E-state index is 0.0454. The predicted molar refractivity (Wildman–Crippen MR) is 63.0 cm³/mol. The van der Waals surface area contributed by atoms with Crippen molar-refractivity contribution >= 4 is 0 Å². The molecule has 4 heteroatoms. The molecule has 0 bridgehead atoms. The number of morpholine rings is 1. The van der Waals surface area contributed by atoms with Crippen LogP contribution in [-0.2, 0) is 4.74 Å². The Hall–Kier alpha value is -0.970. The Bertz CT molecular complexity index is 298. The van der Waals surface area contributed by atoms with E-state index in [1.54, 1.807) is 6.20 Å². The number of nitrogens with two attached hydrogens (primary N) is 1. The minimum absolute atomic E-state index is 0.0454. The molecule has 1 aromatic heterocycles. The number of rotatable bonds is 4. The standard InChI is InChI=1S/C12H19N3O/c13-11(12-3-1-2-5-14-12)4-6-15-7-9-16-10-8-15/h1-3,5,11H,4,6-10,13H2. The van der Waals surface area contributed by atoms with Crippen LogP contribution in [0.1, 0.15) is 18.2 Å². The van der Waals surface area contributed by atoms with Crippen molar-refractivity contribution in [3.05, 3.63) is 30.1 Å².